The molecule has 6 nitrogen and oxygen atoms in total. The number of fused-ring (bicyclic) bond motifs is 1. The predicted octanol–water partition coefficient (Wildman–Crippen LogP) is 0.727. The molecule has 3 heterocycles. The van der Waals surface area contributed by atoms with E-state index in [0.717, 1.165) is 25.2 Å². The summed E-state index contributed by atoms with van der Waals surface area (Å²) in [5, 5.41) is 11.5. The fourth-order valence-electron chi connectivity index (χ4n) is 2.16. The van der Waals surface area contributed by atoms with Crippen molar-refractivity contribution in [3.63, 3.8) is 0 Å². The van der Waals surface area contributed by atoms with Crippen molar-refractivity contribution in [1.29, 1.82) is 0 Å². The Morgan fingerprint density at radius 3 is 3.25 bits per heavy atom. The molecule has 0 N–H and O–H groups in total. The van der Waals surface area contributed by atoms with Crippen molar-refractivity contribution in [2.24, 2.45) is 0 Å². The first-order valence-electron chi connectivity index (χ1n) is 5.25. The van der Waals surface area contributed by atoms with Crippen molar-refractivity contribution < 1.29 is 0 Å². The fraction of sp³-hybridized carbons (Fsp3) is 0.556. The predicted molar refractivity (Wildman–Crippen MR) is 59.7 cm³/mol. The summed E-state index contributed by atoms with van der Waals surface area (Å²) in [5.41, 5.74) is 0.665. The maximum absolute atomic E-state index is 5.95. The Balaban J connectivity index is 2.07. The minimum atomic E-state index is 0.360. The van der Waals surface area contributed by atoms with Gasteiger partial charge in [-0.05, 0) is 23.3 Å². The normalized spacial score (nSPS) is 20.8. The van der Waals surface area contributed by atoms with Crippen LogP contribution in [0.5, 0.6) is 0 Å². The molecule has 0 aromatic carbocycles. The minimum Gasteiger partial charge on any atom is -0.351 e. The third kappa shape index (κ3) is 1.41. The summed E-state index contributed by atoms with van der Waals surface area (Å²) in [6.07, 6.45) is 5.70. The highest BCUT2D eigenvalue weighted by Gasteiger charge is 2.26. The van der Waals surface area contributed by atoms with E-state index in [1.54, 1.807) is 16.9 Å². The molecule has 1 fully saturated rings. The lowest BCUT2D eigenvalue weighted by Gasteiger charge is -2.24. The summed E-state index contributed by atoms with van der Waals surface area (Å²) >= 11 is 5.95. The molecule has 1 aliphatic rings. The SMILES string of the molecule is ClCC1CCCN1c1cncc2nnnn12. The van der Waals surface area contributed by atoms with E-state index in [4.69, 9.17) is 11.6 Å². The second kappa shape index (κ2) is 3.86. The maximum atomic E-state index is 5.95. The van der Waals surface area contributed by atoms with Gasteiger partial charge in [0.05, 0.1) is 12.4 Å². The second-order valence-corrected chi connectivity index (χ2v) is 4.17. The molecule has 0 saturated carbocycles. The van der Waals surface area contributed by atoms with Crippen LogP contribution in [0.3, 0.4) is 0 Å². The second-order valence-electron chi connectivity index (χ2n) is 3.86. The van der Waals surface area contributed by atoms with Crippen LogP contribution < -0.4 is 4.90 Å². The smallest absolute Gasteiger partial charge is 0.199 e. The molecule has 1 saturated heterocycles. The van der Waals surface area contributed by atoms with Crippen LogP contribution in [0, 0.1) is 0 Å². The van der Waals surface area contributed by atoms with Gasteiger partial charge in [-0.25, -0.2) is 0 Å². The van der Waals surface area contributed by atoms with E-state index in [2.05, 4.69) is 25.4 Å². The third-order valence-corrected chi connectivity index (χ3v) is 3.30. The van der Waals surface area contributed by atoms with Crippen LogP contribution in [0.4, 0.5) is 5.82 Å². The van der Waals surface area contributed by atoms with Crippen molar-refractivity contribution >= 4 is 23.1 Å². The van der Waals surface area contributed by atoms with Crippen LogP contribution in [0.15, 0.2) is 12.4 Å². The topological polar surface area (TPSA) is 59.2 Å². The molecule has 7 heteroatoms. The third-order valence-electron chi connectivity index (χ3n) is 2.94. The molecular formula is C9H11ClN6. The van der Waals surface area contributed by atoms with E-state index < -0.39 is 0 Å². The Kier molecular flexibility index (Phi) is 2.36. The largest absolute Gasteiger partial charge is 0.351 e. The molecule has 3 rings (SSSR count). The highest BCUT2D eigenvalue weighted by molar-refractivity contribution is 6.18. The van der Waals surface area contributed by atoms with Crippen LogP contribution in [-0.2, 0) is 0 Å². The van der Waals surface area contributed by atoms with Gasteiger partial charge in [-0.3, -0.25) is 4.98 Å². The van der Waals surface area contributed by atoms with Gasteiger partial charge in [0.25, 0.3) is 0 Å². The molecule has 0 bridgehead atoms. The number of tetrazole rings is 1. The van der Waals surface area contributed by atoms with E-state index in [1.165, 1.54) is 0 Å². The lowest BCUT2D eigenvalue weighted by Crippen LogP contribution is -2.32. The zero-order chi connectivity index (χ0) is 11.0. The van der Waals surface area contributed by atoms with Crippen LogP contribution in [0.1, 0.15) is 12.8 Å². The monoisotopic (exact) mass is 238 g/mol. The van der Waals surface area contributed by atoms with E-state index in [9.17, 15) is 0 Å². The molecule has 0 amide bonds. The van der Waals surface area contributed by atoms with Gasteiger partial charge in [0, 0.05) is 18.5 Å². The molecule has 0 aliphatic carbocycles. The number of aromatic nitrogens is 5. The summed E-state index contributed by atoms with van der Waals surface area (Å²) in [6, 6.07) is 0.360. The van der Waals surface area contributed by atoms with Gasteiger partial charge >= 0.3 is 0 Å². The van der Waals surface area contributed by atoms with E-state index in [-0.39, 0.29) is 0 Å². The Bertz CT molecular complexity index is 497. The summed E-state index contributed by atoms with van der Waals surface area (Å²) in [6.45, 7) is 0.984. The van der Waals surface area contributed by atoms with Crippen molar-refractivity contribution in [2.75, 3.05) is 17.3 Å². The zero-order valence-corrected chi connectivity index (χ0v) is 9.38. The molecule has 2 aromatic heterocycles. The minimum absolute atomic E-state index is 0.360. The standard InChI is InChI=1S/C9H11ClN6/c10-4-7-2-1-3-15(7)9-6-11-5-8-12-13-14-16(8)9/h5-7H,1-4H2. The van der Waals surface area contributed by atoms with Crippen LogP contribution >= 0.6 is 11.6 Å². The summed E-state index contributed by atoms with van der Waals surface area (Å²) < 4.78 is 1.71. The Morgan fingerprint density at radius 1 is 1.44 bits per heavy atom. The Labute approximate surface area is 97.2 Å². The number of hydrogen-bond acceptors (Lipinski definition) is 5. The molecule has 1 unspecified atom stereocenters. The molecule has 16 heavy (non-hydrogen) atoms. The highest BCUT2D eigenvalue weighted by Crippen LogP contribution is 2.25. The summed E-state index contributed by atoms with van der Waals surface area (Å²) in [4.78, 5) is 6.38. The van der Waals surface area contributed by atoms with Gasteiger partial charge in [0.15, 0.2) is 11.5 Å². The first-order chi connectivity index (χ1) is 7.90. The maximum Gasteiger partial charge on any atom is 0.199 e. The fourth-order valence-corrected chi connectivity index (χ4v) is 2.48. The van der Waals surface area contributed by atoms with Crippen molar-refractivity contribution in [3.8, 4) is 0 Å². The molecule has 2 aromatic rings. The van der Waals surface area contributed by atoms with Crippen LogP contribution in [-0.4, -0.2) is 43.5 Å². The molecule has 1 atom stereocenters. The first kappa shape index (κ1) is 9.77. The first-order valence-corrected chi connectivity index (χ1v) is 5.78. The zero-order valence-electron chi connectivity index (χ0n) is 8.62. The molecule has 0 radical (unpaired) electrons. The van der Waals surface area contributed by atoms with Crippen molar-refractivity contribution in [2.45, 2.75) is 18.9 Å². The number of halogens is 1. The van der Waals surface area contributed by atoms with Crippen molar-refractivity contribution in [1.82, 2.24) is 25.0 Å². The van der Waals surface area contributed by atoms with Gasteiger partial charge in [-0.1, -0.05) is 0 Å². The lowest BCUT2D eigenvalue weighted by molar-refractivity contribution is 0.708. The number of nitrogens with zero attached hydrogens (tertiary/aromatic N) is 6. The van der Waals surface area contributed by atoms with Gasteiger partial charge in [-0.15, -0.1) is 16.7 Å². The number of anilines is 1. The van der Waals surface area contributed by atoms with E-state index >= 15 is 0 Å². The number of hydrogen-bond donors (Lipinski definition) is 0. The molecule has 84 valence electrons. The Hall–Kier alpha value is -1.43. The average molecular weight is 239 g/mol. The van der Waals surface area contributed by atoms with Gasteiger partial charge < -0.3 is 4.90 Å². The van der Waals surface area contributed by atoms with Crippen LogP contribution in [0.2, 0.25) is 0 Å². The van der Waals surface area contributed by atoms with Crippen LogP contribution in [0.25, 0.3) is 5.65 Å². The molecule has 0 spiro atoms. The quantitative estimate of drug-likeness (QED) is 0.722. The molecular weight excluding hydrogens is 228 g/mol. The van der Waals surface area contributed by atoms with E-state index in [1.807, 2.05) is 0 Å². The average Bonchev–Trinajstić information content (AvgIpc) is 2.96. The summed E-state index contributed by atoms with van der Waals surface area (Å²) in [5.74, 6) is 1.55. The Morgan fingerprint density at radius 2 is 2.38 bits per heavy atom. The van der Waals surface area contributed by atoms with Gasteiger partial charge in [0.2, 0.25) is 0 Å². The lowest BCUT2D eigenvalue weighted by atomic mass is 10.2. The number of rotatable bonds is 2. The number of alkyl halides is 1. The van der Waals surface area contributed by atoms with E-state index in [0.29, 0.717) is 17.6 Å². The van der Waals surface area contributed by atoms with Gasteiger partial charge in [-0.2, -0.15) is 4.52 Å². The molecule has 1 aliphatic heterocycles. The van der Waals surface area contributed by atoms with Crippen molar-refractivity contribution in [3.05, 3.63) is 12.4 Å². The highest BCUT2D eigenvalue weighted by atomic mass is 35.5. The summed E-state index contributed by atoms with van der Waals surface area (Å²) in [7, 11) is 0. The van der Waals surface area contributed by atoms with Gasteiger partial charge in [0.1, 0.15) is 0 Å².